The Morgan fingerprint density at radius 3 is 2.57 bits per heavy atom. The van der Waals surface area contributed by atoms with E-state index < -0.39 is 0 Å². The molecule has 180 valence electrons. The van der Waals surface area contributed by atoms with Gasteiger partial charge in [-0.3, -0.25) is 4.79 Å². The second kappa shape index (κ2) is 11.6. The average molecular weight is 555 g/mol. The van der Waals surface area contributed by atoms with Crippen molar-refractivity contribution in [1.82, 2.24) is 5.32 Å². The Balaban J connectivity index is 1.55. The van der Waals surface area contributed by atoms with Crippen molar-refractivity contribution in [3.8, 4) is 11.5 Å². The summed E-state index contributed by atoms with van der Waals surface area (Å²) in [4.78, 5) is 17.6. The molecule has 0 atom stereocenters. The number of rotatable bonds is 8. The maximum atomic E-state index is 14.0. The van der Waals surface area contributed by atoms with E-state index in [1.54, 1.807) is 30.3 Å². The number of carbonyl (C=O) groups is 1. The largest absolute Gasteiger partial charge is 0.490 e. The van der Waals surface area contributed by atoms with Crippen LogP contribution in [0.1, 0.15) is 30.5 Å². The number of hydrogen-bond acceptors (Lipinski definition) is 5. The molecule has 4 rings (SSSR count). The van der Waals surface area contributed by atoms with E-state index in [0.29, 0.717) is 38.2 Å². The Morgan fingerprint density at radius 2 is 1.86 bits per heavy atom. The van der Waals surface area contributed by atoms with Gasteiger partial charge in [0.2, 0.25) is 0 Å². The number of halogens is 2. The molecule has 5 nitrogen and oxygen atoms in total. The van der Waals surface area contributed by atoms with Gasteiger partial charge in [-0.2, -0.15) is 0 Å². The molecule has 1 aliphatic rings. The van der Waals surface area contributed by atoms with E-state index in [4.69, 9.17) is 9.47 Å². The van der Waals surface area contributed by atoms with E-state index in [0.717, 1.165) is 17.7 Å². The van der Waals surface area contributed by atoms with Crippen molar-refractivity contribution in [3.63, 3.8) is 0 Å². The Labute approximate surface area is 216 Å². The predicted octanol–water partition coefficient (Wildman–Crippen LogP) is 7.02. The molecule has 1 heterocycles. The first kappa shape index (κ1) is 25.0. The summed E-state index contributed by atoms with van der Waals surface area (Å²) < 4.78 is 26.3. The van der Waals surface area contributed by atoms with E-state index in [1.165, 1.54) is 23.4 Å². The normalized spacial score (nSPS) is 15.5. The quantitative estimate of drug-likeness (QED) is 0.304. The molecular weight excluding hydrogens is 531 g/mol. The van der Waals surface area contributed by atoms with Gasteiger partial charge in [0.05, 0.1) is 21.7 Å². The first-order valence-electron chi connectivity index (χ1n) is 11.2. The van der Waals surface area contributed by atoms with Gasteiger partial charge in [0.15, 0.2) is 16.7 Å². The number of thioether (sulfide) groups is 1. The van der Waals surface area contributed by atoms with Gasteiger partial charge in [-0.05, 0) is 88.6 Å². The van der Waals surface area contributed by atoms with Gasteiger partial charge in [-0.15, -0.1) is 0 Å². The third-order valence-corrected chi connectivity index (χ3v) is 6.68. The Hall–Kier alpha value is -3.10. The maximum Gasteiger partial charge on any atom is 0.264 e. The summed E-state index contributed by atoms with van der Waals surface area (Å²) in [6.45, 7) is 4.45. The topological polar surface area (TPSA) is 59.9 Å². The van der Waals surface area contributed by atoms with Crippen LogP contribution in [-0.4, -0.2) is 17.7 Å². The van der Waals surface area contributed by atoms with Crippen LogP contribution in [0.2, 0.25) is 0 Å². The van der Waals surface area contributed by atoms with Gasteiger partial charge in [-0.25, -0.2) is 9.38 Å². The van der Waals surface area contributed by atoms with E-state index in [1.807, 2.05) is 37.3 Å². The summed E-state index contributed by atoms with van der Waals surface area (Å²) in [5, 5.41) is 3.34. The zero-order valence-electron chi connectivity index (χ0n) is 19.3. The summed E-state index contributed by atoms with van der Waals surface area (Å²) in [6, 6.07) is 18.0. The summed E-state index contributed by atoms with van der Waals surface area (Å²) in [5.41, 5.74) is 3.21. The summed E-state index contributed by atoms with van der Waals surface area (Å²) in [6.07, 6.45) is 2.73. The number of amidine groups is 1. The number of aryl methyl sites for hydroxylation is 1. The molecule has 1 fully saturated rings. The van der Waals surface area contributed by atoms with E-state index in [9.17, 15) is 9.18 Å². The predicted molar refractivity (Wildman–Crippen MR) is 143 cm³/mol. The highest BCUT2D eigenvalue weighted by Crippen LogP contribution is 2.39. The van der Waals surface area contributed by atoms with Crippen LogP contribution in [0, 0.1) is 5.82 Å². The lowest BCUT2D eigenvalue weighted by Crippen LogP contribution is -2.19. The van der Waals surface area contributed by atoms with Crippen LogP contribution in [0.15, 0.2) is 75.0 Å². The van der Waals surface area contributed by atoms with Gasteiger partial charge >= 0.3 is 0 Å². The van der Waals surface area contributed by atoms with Crippen molar-refractivity contribution < 1.29 is 18.7 Å². The molecule has 0 radical (unpaired) electrons. The third kappa shape index (κ3) is 6.32. The van der Waals surface area contributed by atoms with Crippen LogP contribution in [-0.2, 0) is 17.8 Å². The third-order valence-electron chi connectivity index (χ3n) is 5.19. The van der Waals surface area contributed by atoms with Crippen molar-refractivity contribution >= 4 is 50.5 Å². The molecule has 1 amide bonds. The van der Waals surface area contributed by atoms with Gasteiger partial charge in [-0.1, -0.05) is 37.3 Å². The molecule has 1 N–H and O–H groups in total. The number of amides is 1. The minimum Gasteiger partial charge on any atom is -0.490 e. The highest BCUT2D eigenvalue weighted by molar-refractivity contribution is 9.10. The minimum absolute atomic E-state index is 0.0586. The minimum atomic E-state index is -0.328. The first-order valence-corrected chi connectivity index (χ1v) is 12.8. The number of hydrogen-bond donors (Lipinski definition) is 1. The van der Waals surface area contributed by atoms with Crippen LogP contribution < -0.4 is 14.8 Å². The van der Waals surface area contributed by atoms with E-state index in [2.05, 4.69) is 33.2 Å². The molecule has 0 aromatic heterocycles. The van der Waals surface area contributed by atoms with Crippen LogP contribution in [0.4, 0.5) is 10.1 Å². The molecule has 0 bridgehead atoms. The summed E-state index contributed by atoms with van der Waals surface area (Å²) in [5.74, 6) is 0.427. The summed E-state index contributed by atoms with van der Waals surface area (Å²) in [7, 11) is 0. The highest BCUT2D eigenvalue weighted by atomic mass is 79.9. The second-order valence-corrected chi connectivity index (χ2v) is 9.53. The Kier molecular flexibility index (Phi) is 8.25. The molecule has 35 heavy (non-hydrogen) atoms. The summed E-state index contributed by atoms with van der Waals surface area (Å²) >= 11 is 4.81. The lowest BCUT2D eigenvalue weighted by molar-refractivity contribution is -0.115. The maximum absolute atomic E-state index is 14.0. The monoisotopic (exact) mass is 554 g/mol. The number of nitrogens with zero attached hydrogens (tertiary/aromatic N) is 1. The molecule has 0 unspecified atom stereocenters. The van der Waals surface area contributed by atoms with Crippen molar-refractivity contribution in [1.29, 1.82) is 0 Å². The van der Waals surface area contributed by atoms with Gasteiger partial charge in [0, 0.05) is 5.56 Å². The van der Waals surface area contributed by atoms with E-state index in [-0.39, 0.29) is 18.3 Å². The van der Waals surface area contributed by atoms with Crippen LogP contribution in [0.5, 0.6) is 11.5 Å². The smallest absolute Gasteiger partial charge is 0.264 e. The zero-order chi connectivity index (χ0) is 24.8. The number of carbonyl (C=O) groups excluding carboxylic acids is 1. The number of ether oxygens (including phenoxy) is 2. The molecule has 1 aliphatic heterocycles. The Morgan fingerprint density at radius 1 is 1.09 bits per heavy atom. The fraction of sp³-hybridized carbons (Fsp3) is 0.185. The van der Waals surface area contributed by atoms with Crippen molar-refractivity contribution in [3.05, 3.63) is 92.5 Å². The second-order valence-electron chi connectivity index (χ2n) is 7.64. The average Bonchev–Trinajstić information content (AvgIpc) is 3.18. The fourth-order valence-corrected chi connectivity index (χ4v) is 4.81. The molecule has 1 saturated heterocycles. The molecule has 0 aliphatic carbocycles. The first-order chi connectivity index (χ1) is 17.0. The van der Waals surface area contributed by atoms with Crippen LogP contribution >= 0.6 is 27.7 Å². The van der Waals surface area contributed by atoms with Crippen LogP contribution in [0.3, 0.4) is 0 Å². The lowest BCUT2D eigenvalue weighted by Gasteiger charge is -2.15. The number of aliphatic imine (C=N–C) groups is 1. The standard InChI is InChI=1S/C27H24BrFN2O3S/c1-3-17-9-11-20(12-10-17)30-27-31-26(32)24(35-27)15-18-13-21(28)25(23(14-18)33-4-2)34-16-19-7-5-6-8-22(19)29/h5-15H,3-4,16H2,1-2H3,(H,30,31,32)/b24-15-. The van der Waals surface area contributed by atoms with Crippen molar-refractivity contribution in [2.75, 3.05) is 6.61 Å². The molecule has 0 saturated carbocycles. The number of benzene rings is 3. The highest BCUT2D eigenvalue weighted by Gasteiger charge is 2.24. The van der Waals surface area contributed by atoms with Crippen molar-refractivity contribution in [2.24, 2.45) is 4.99 Å². The zero-order valence-corrected chi connectivity index (χ0v) is 21.7. The van der Waals surface area contributed by atoms with Gasteiger partial charge < -0.3 is 14.8 Å². The SMILES string of the molecule is CCOc1cc(/C=C2\SC(=Nc3ccc(CC)cc3)NC2=O)cc(Br)c1OCc1ccccc1F. The lowest BCUT2D eigenvalue weighted by atomic mass is 10.1. The van der Waals surface area contributed by atoms with E-state index >= 15 is 0 Å². The number of nitrogens with one attached hydrogen (secondary N) is 1. The van der Waals surface area contributed by atoms with Crippen LogP contribution in [0.25, 0.3) is 6.08 Å². The van der Waals surface area contributed by atoms with Crippen molar-refractivity contribution in [2.45, 2.75) is 26.9 Å². The molecule has 3 aromatic carbocycles. The van der Waals surface area contributed by atoms with Gasteiger partial charge in [0.25, 0.3) is 5.91 Å². The Bertz CT molecular complexity index is 1290. The fourth-order valence-electron chi connectivity index (χ4n) is 3.39. The molecular formula is C27H24BrFN2O3S. The molecule has 3 aromatic rings. The van der Waals surface area contributed by atoms with Gasteiger partial charge in [0.1, 0.15) is 12.4 Å². The molecule has 0 spiro atoms. The molecule has 8 heteroatoms.